The number of carbonyl (C=O) groups is 1. The van der Waals surface area contributed by atoms with Crippen molar-refractivity contribution in [3.63, 3.8) is 0 Å². The molecule has 1 aromatic carbocycles. The number of nitrogens with two attached hydrogens (primary N) is 1. The first-order valence-electron chi connectivity index (χ1n) is 15.0. The summed E-state index contributed by atoms with van der Waals surface area (Å²) in [5, 5.41) is 41.2. The van der Waals surface area contributed by atoms with Crippen LogP contribution in [0.5, 0.6) is 0 Å². The molecule has 1 aliphatic carbocycles. The molecule has 248 valence electrons. The molecule has 46 heavy (non-hydrogen) atoms. The Labute approximate surface area is 269 Å². The van der Waals surface area contributed by atoms with E-state index in [0.29, 0.717) is 23.6 Å². The average molecular weight is 661 g/mol. The standard InChI is InChI=1S/C21H21ClFN7O4.C9H17NO2/c1-21(2,3)20-29-28-18(34-20)15-13(31)14(32)19(33-15)30-8-26-12-16(24-7-25-17(12)30)27-11-5-4-9(22)6-10(11)23;10-7-9(6-8(11)12)4-2-1-3-5-9/h4-8,13-15,19,31-32H,1-3H3,(H,24,25,27);1-7,10H2,(H,11,12)/t13-,14+,15-,19+;/m0./s1. The molecule has 0 bridgehead atoms. The summed E-state index contributed by atoms with van der Waals surface area (Å²) in [5.74, 6) is -0.599. The van der Waals surface area contributed by atoms with Crippen LogP contribution in [0, 0.1) is 11.2 Å². The fourth-order valence-electron chi connectivity index (χ4n) is 5.67. The molecule has 1 aliphatic heterocycles. The third-order valence-corrected chi connectivity index (χ3v) is 8.49. The summed E-state index contributed by atoms with van der Waals surface area (Å²) < 4.78 is 27.3. The number of fused-ring (bicyclic) bond motifs is 1. The van der Waals surface area contributed by atoms with E-state index in [9.17, 15) is 19.4 Å². The molecule has 6 rings (SSSR count). The van der Waals surface area contributed by atoms with Gasteiger partial charge in [-0.05, 0) is 43.0 Å². The summed E-state index contributed by atoms with van der Waals surface area (Å²) in [5.41, 5.74) is 5.90. The van der Waals surface area contributed by atoms with E-state index in [2.05, 4.69) is 30.5 Å². The molecular formula is C30H38ClFN8O6. The summed E-state index contributed by atoms with van der Waals surface area (Å²) in [4.78, 5) is 23.3. The molecular weight excluding hydrogens is 623 g/mol. The van der Waals surface area contributed by atoms with Gasteiger partial charge in [0.1, 0.15) is 24.4 Å². The Kier molecular flexibility index (Phi) is 9.89. The van der Waals surface area contributed by atoms with Crippen LogP contribution in [-0.2, 0) is 14.9 Å². The zero-order valence-corrected chi connectivity index (χ0v) is 26.5. The van der Waals surface area contributed by atoms with E-state index in [1.165, 1.54) is 41.8 Å². The van der Waals surface area contributed by atoms with Crippen molar-refractivity contribution in [2.45, 2.75) is 89.3 Å². The van der Waals surface area contributed by atoms with Crippen LogP contribution < -0.4 is 11.1 Å². The molecule has 2 aliphatic rings. The van der Waals surface area contributed by atoms with Crippen molar-refractivity contribution in [1.82, 2.24) is 29.7 Å². The Bertz CT molecular complexity index is 1670. The van der Waals surface area contributed by atoms with Crippen molar-refractivity contribution < 1.29 is 33.7 Å². The van der Waals surface area contributed by atoms with Gasteiger partial charge in [0.05, 0.1) is 18.4 Å². The van der Waals surface area contributed by atoms with Crippen molar-refractivity contribution >= 4 is 40.2 Å². The molecule has 2 fully saturated rings. The lowest BCUT2D eigenvalue weighted by Gasteiger charge is -2.34. The third-order valence-electron chi connectivity index (χ3n) is 8.25. The smallest absolute Gasteiger partial charge is 0.303 e. The van der Waals surface area contributed by atoms with Crippen molar-refractivity contribution in [2.75, 3.05) is 11.9 Å². The summed E-state index contributed by atoms with van der Waals surface area (Å²) in [6.45, 7) is 6.26. The zero-order valence-electron chi connectivity index (χ0n) is 25.7. The Morgan fingerprint density at radius 1 is 1.15 bits per heavy atom. The second-order valence-corrected chi connectivity index (χ2v) is 13.2. The number of halogens is 2. The predicted octanol–water partition coefficient (Wildman–Crippen LogP) is 4.41. The van der Waals surface area contributed by atoms with Gasteiger partial charge in [-0.3, -0.25) is 9.36 Å². The zero-order chi connectivity index (χ0) is 33.2. The Balaban J connectivity index is 0.000000293. The van der Waals surface area contributed by atoms with E-state index in [-0.39, 0.29) is 34.3 Å². The van der Waals surface area contributed by atoms with Gasteiger partial charge in [-0.2, -0.15) is 0 Å². The van der Waals surface area contributed by atoms with Gasteiger partial charge in [0.2, 0.25) is 11.8 Å². The number of aliphatic carboxylic acids is 1. The van der Waals surface area contributed by atoms with Gasteiger partial charge < -0.3 is 35.5 Å². The Hall–Kier alpha value is -3.76. The normalized spacial score (nSPS) is 22.8. The number of hydrogen-bond donors (Lipinski definition) is 5. The highest BCUT2D eigenvalue weighted by atomic mass is 35.5. The van der Waals surface area contributed by atoms with Gasteiger partial charge in [-0.15, -0.1) is 10.2 Å². The lowest BCUT2D eigenvalue weighted by atomic mass is 9.72. The minimum Gasteiger partial charge on any atom is -0.481 e. The number of nitrogens with one attached hydrogen (secondary N) is 1. The first-order valence-corrected chi connectivity index (χ1v) is 15.4. The lowest BCUT2D eigenvalue weighted by molar-refractivity contribution is -0.140. The van der Waals surface area contributed by atoms with Crippen molar-refractivity contribution in [3.05, 3.63) is 53.5 Å². The molecule has 4 heterocycles. The summed E-state index contributed by atoms with van der Waals surface area (Å²) >= 11 is 5.81. The summed E-state index contributed by atoms with van der Waals surface area (Å²) in [6, 6.07) is 4.19. The van der Waals surface area contributed by atoms with Gasteiger partial charge in [-0.25, -0.2) is 19.3 Å². The van der Waals surface area contributed by atoms with E-state index < -0.39 is 41.7 Å². The number of rotatable bonds is 7. The van der Waals surface area contributed by atoms with Crippen LogP contribution in [0.3, 0.4) is 0 Å². The molecule has 1 saturated carbocycles. The monoisotopic (exact) mass is 660 g/mol. The fourth-order valence-corrected chi connectivity index (χ4v) is 5.83. The summed E-state index contributed by atoms with van der Waals surface area (Å²) in [7, 11) is 0. The average Bonchev–Trinajstić information content (AvgIpc) is 3.74. The largest absolute Gasteiger partial charge is 0.481 e. The maximum atomic E-state index is 14.2. The number of anilines is 2. The van der Waals surface area contributed by atoms with Crippen molar-refractivity contribution in [2.24, 2.45) is 11.1 Å². The molecule has 4 atom stereocenters. The second-order valence-electron chi connectivity index (χ2n) is 12.8. The Morgan fingerprint density at radius 2 is 1.89 bits per heavy atom. The van der Waals surface area contributed by atoms with E-state index in [1.807, 2.05) is 20.8 Å². The van der Waals surface area contributed by atoms with Gasteiger partial charge >= 0.3 is 5.97 Å². The molecule has 4 aromatic rings. The summed E-state index contributed by atoms with van der Waals surface area (Å²) in [6.07, 6.45) is 3.64. The van der Waals surface area contributed by atoms with Crippen LogP contribution in [0.1, 0.15) is 83.4 Å². The van der Waals surface area contributed by atoms with Gasteiger partial charge in [0, 0.05) is 10.4 Å². The van der Waals surface area contributed by atoms with E-state index in [4.69, 9.17) is 31.6 Å². The number of aliphatic hydroxyl groups is 2. The number of imidazole rings is 1. The van der Waals surface area contributed by atoms with E-state index >= 15 is 0 Å². The molecule has 0 unspecified atom stereocenters. The van der Waals surface area contributed by atoms with Gasteiger partial charge in [-0.1, -0.05) is 51.6 Å². The number of carboxylic acids is 1. The molecule has 14 nitrogen and oxygen atoms in total. The lowest BCUT2D eigenvalue weighted by Crippen LogP contribution is -2.34. The van der Waals surface area contributed by atoms with Crippen LogP contribution in [-0.4, -0.2) is 69.8 Å². The first-order chi connectivity index (χ1) is 21.8. The van der Waals surface area contributed by atoms with Crippen LogP contribution in [0.2, 0.25) is 5.02 Å². The molecule has 16 heteroatoms. The number of aromatic nitrogens is 6. The molecule has 0 amide bonds. The van der Waals surface area contributed by atoms with Crippen LogP contribution in [0.25, 0.3) is 11.2 Å². The van der Waals surface area contributed by atoms with Gasteiger partial charge in [0.25, 0.3) is 0 Å². The fraction of sp³-hybridized carbons (Fsp3) is 0.533. The van der Waals surface area contributed by atoms with Crippen LogP contribution in [0.4, 0.5) is 15.9 Å². The molecule has 0 radical (unpaired) electrons. The number of aliphatic hydroxyl groups excluding tert-OH is 2. The maximum Gasteiger partial charge on any atom is 0.303 e. The minimum atomic E-state index is -1.34. The van der Waals surface area contributed by atoms with E-state index in [0.717, 1.165) is 25.7 Å². The van der Waals surface area contributed by atoms with Crippen molar-refractivity contribution in [3.8, 4) is 0 Å². The number of benzene rings is 1. The minimum absolute atomic E-state index is 0.0543. The molecule has 0 spiro atoms. The molecule has 6 N–H and O–H groups in total. The topological polar surface area (TPSA) is 208 Å². The SMILES string of the molecule is CC(C)(C)c1nnc([C@H]2O[C@@H](n3cnc4c(Nc5ccc(Cl)cc5F)ncnc43)[C@H](O)[C@@H]2O)o1.NCC1(CC(=O)O)CCCCC1. The number of nitrogens with zero attached hydrogens (tertiary/aromatic N) is 6. The highest BCUT2D eigenvalue weighted by molar-refractivity contribution is 6.30. The number of carboxylic acid groups (broad SMARTS) is 1. The maximum absolute atomic E-state index is 14.2. The highest BCUT2D eigenvalue weighted by Crippen LogP contribution is 2.41. The predicted molar refractivity (Wildman–Crippen MR) is 165 cm³/mol. The number of ether oxygens (including phenoxy) is 1. The third kappa shape index (κ3) is 7.13. The first kappa shape index (κ1) is 33.6. The Morgan fingerprint density at radius 3 is 2.52 bits per heavy atom. The quantitative estimate of drug-likeness (QED) is 0.186. The van der Waals surface area contributed by atoms with Crippen LogP contribution in [0.15, 0.2) is 35.3 Å². The van der Waals surface area contributed by atoms with Gasteiger partial charge in [0.15, 0.2) is 29.3 Å². The molecule has 1 saturated heterocycles. The number of hydrogen-bond acceptors (Lipinski definition) is 12. The molecule has 3 aromatic heterocycles. The van der Waals surface area contributed by atoms with E-state index in [1.54, 1.807) is 0 Å². The van der Waals surface area contributed by atoms with Crippen molar-refractivity contribution in [1.29, 1.82) is 0 Å². The highest BCUT2D eigenvalue weighted by Gasteiger charge is 2.48. The second kappa shape index (κ2) is 13.5. The van der Waals surface area contributed by atoms with Crippen LogP contribution >= 0.6 is 11.6 Å².